The van der Waals surface area contributed by atoms with Crippen molar-refractivity contribution in [3.05, 3.63) is 101 Å². The molecule has 1 fully saturated rings. The third-order valence-corrected chi connectivity index (χ3v) is 7.92. The van der Waals surface area contributed by atoms with Gasteiger partial charge in [0.05, 0.1) is 5.56 Å². The topological polar surface area (TPSA) is 23.6 Å². The number of halogens is 4. The first-order valence-electron chi connectivity index (χ1n) is 12.7. The fourth-order valence-electron chi connectivity index (χ4n) is 6.01. The molecule has 0 aromatic heterocycles. The van der Waals surface area contributed by atoms with Gasteiger partial charge < -0.3 is 9.80 Å². The van der Waals surface area contributed by atoms with Gasteiger partial charge in [-0.05, 0) is 80.6 Å². The molecular weight excluding hydrogens is 497 g/mol. The molecule has 2 aliphatic heterocycles. The summed E-state index contributed by atoms with van der Waals surface area (Å²) >= 11 is 0. The summed E-state index contributed by atoms with van der Waals surface area (Å²) in [4.78, 5) is 18.2. The monoisotopic (exact) mass is 528 g/mol. The van der Waals surface area contributed by atoms with Crippen molar-refractivity contribution in [3.63, 3.8) is 0 Å². The van der Waals surface area contributed by atoms with Gasteiger partial charge in [-0.25, -0.2) is 0 Å². The van der Waals surface area contributed by atoms with Crippen LogP contribution in [0.1, 0.15) is 54.4 Å². The average Bonchev–Trinajstić information content (AvgIpc) is 3.15. The van der Waals surface area contributed by atoms with Crippen LogP contribution in [0.4, 0.5) is 18.9 Å². The highest BCUT2D eigenvalue weighted by molar-refractivity contribution is 6.10. The van der Waals surface area contributed by atoms with Crippen molar-refractivity contribution in [1.29, 1.82) is 0 Å². The van der Waals surface area contributed by atoms with Gasteiger partial charge in [0.2, 0.25) is 5.91 Å². The molecule has 2 heterocycles. The molecule has 196 valence electrons. The maximum Gasteiger partial charge on any atom is 0.416 e. The standard InChI is InChI=1S/C30H31F3N2O.ClH/c1-2-35-27-14-7-6-13-26(27)29(28(35)36,24-10-4-3-5-11-24)17-20-34-18-15-22(16-19-34)23-9-8-12-25(21-23)30(31,32)33;/h3-14,21-22H,2,15-20H2,1H3;1H. The second-order valence-electron chi connectivity index (χ2n) is 9.83. The highest BCUT2D eigenvalue weighted by Gasteiger charge is 2.51. The molecule has 0 spiro atoms. The Kier molecular flexibility index (Phi) is 8.00. The van der Waals surface area contributed by atoms with Crippen molar-refractivity contribution < 1.29 is 18.0 Å². The molecule has 5 rings (SSSR count). The number of para-hydroxylation sites is 1. The lowest BCUT2D eigenvalue weighted by molar-refractivity contribution is -0.137. The summed E-state index contributed by atoms with van der Waals surface area (Å²) in [7, 11) is 0. The van der Waals surface area contributed by atoms with E-state index < -0.39 is 17.2 Å². The second kappa shape index (κ2) is 10.9. The molecule has 7 heteroatoms. The van der Waals surface area contributed by atoms with Crippen molar-refractivity contribution in [3.8, 4) is 0 Å². The van der Waals surface area contributed by atoms with Crippen LogP contribution >= 0.6 is 12.4 Å². The number of amides is 1. The Morgan fingerprint density at radius 2 is 1.59 bits per heavy atom. The molecule has 0 radical (unpaired) electrons. The van der Waals surface area contributed by atoms with E-state index in [9.17, 15) is 18.0 Å². The smallest absolute Gasteiger partial charge is 0.311 e. The van der Waals surface area contributed by atoms with E-state index in [1.165, 1.54) is 12.1 Å². The van der Waals surface area contributed by atoms with E-state index in [0.29, 0.717) is 13.0 Å². The van der Waals surface area contributed by atoms with Gasteiger partial charge in [-0.3, -0.25) is 4.79 Å². The van der Waals surface area contributed by atoms with Crippen LogP contribution < -0.4 is 4.90 Å². The van der Waals surface area contributed by atoms with Gasteiger partial charge in [0.1, 0.15) is 5.41 Å². The van der Waals surface area contributed by atoms with Crippen LogP contribution in [-0.4, -0.2) is 37.0 Å². The Hall–Kier alpha value is -2.83. The lowest BCUT2D eigenvalue weighted by Crippen LogP contribution is -2.44. The number of piperidine rings is 1. The zero-order valence-electron chi connectivity index (χ0n) is 20.9. The maximum atomic E-state index is 14.0. The first-order chi connectivity index (χ1) is 17.3. The van der Waals surface area contributed by atoms with Crippen LogP contribution in [0.5, 0.6) is 0 Å². The molecule has 1 atom stereocenters. The number of alkyl halides is 3. The highest BCUT2D eigenvalue weighted by atomic mass is 35.5. The van der Waals surface area contributed by atoms with Crippen molar-refractivity contribution >= 4 is 24.0 Å². The second-order valence-corrected chi connectivity index (χ2v) is 9.83. The summed E-state index contributed by atoms with van der Waals surface area (Å²) < 4.78 is 39.5. The minimum Gasteiger partial charge on any atom is -0.311 e. The summed E-state index contributed by atoms with van der Waals surface area (Å²) in [6, 6.07) is 23.9. The number of benzene rings is 3. The van der Waals surface area contributed by atoms with Gasteiger partial charge in [-0.15, -0.1) is 12.4 Å². The van der Waals surface area contributed by atoms with Crippen LogP contribution in [0.2, 0.25) is 0 Å². The molecule has 37 heavy (non-hydrogen) atoms. The van der Waals surface area contributed by atoms with Crippen LogP contribution in [0.25, 0.3) is 0 Å². The number of carbonyl (C=O) groups excluding carboxylic acids is 1. The van der Waals surface area contributed by atoms with Crippen LogP contribution in [0, 0.1) is 0 Å². The summed E-state index contributed by atoms with van der Waals surface area (Å²) in [5.41, 5.74) is 2.51. The van der Waals surface area contributed by atoms with E-state index in [1.54, 1.807) is 0 Å². The molecule has 0 saturated carbocycles. The van der Waals surface area contributed by atoms with Crippen molar-refractivity contribution in [2.45, 2.75) is 43.7 Å². The quantitative estimate of drug-likeness (QED) is 0.342. The van der Waals surface area contributed by atoms with Gasteiger partial charge in [0.15, 0.2) is 0 Å². The molecule has 3 nitrogen and oxygen atoms in total. The van der Waals surface area contributed by atoms with Gasteiger partial charge >= 0.3 is 6.18 Å². The SMILES string of the molecule is CCN1C(=O)C(CCN2CCC(c3cccc(C(F)(F)F)c3)CC2)(c2ccccc2)c2ccccc21.Cl. The Labute approximate surface area is 222 Å². The maximum absolute atomic E-state index is 14.0. The van der Waals surface area contributed by atoms with Gasteiger partial charge in [0.25, 0.3) is 0 Å². The Balaban J connectivity index is 0.00000320. The van der Waals surface area contributed by atoms with E-state index in [1.807, 2.05) is 66.4 Å². The zero-order chi connectivity index (χ0) is 25.3. The van der Waals surface area contributed by atoms with E-state index in [2.05, 4.69) is 11.0 Å². The van der Waals surface area contributed by atoms with Crippen molar-refractivity contribution in [2.24, 2.45) is 0 Å². The summed E-state index contributed by atoms with van der Waals surface area (Å²) in [6.07, 6.45) is -2.03. The van der Waals surface area contributed by atoms with E-state index in [0.717, 1.165) is 60.9 Å². The number of rotatable bonds is 6. The average molecular weight is 529 g/mol. The van der Waals surface area contributed by atoms with Gasteiger partial charge in [-0.2, -0.15) is 13.2 Å². The molecule has 3 aromatic rings. The lowest BCUT2D eigenvalue weighted by Gasteiger charge is -2.36. The largest absolute Gasteiger partial charge is 0.416 e. The predicted octanol–water partition coefficient (Wildman–Crippen LogP) is 7.05. The highest BCUT2D eigenvalue weighted by Crippen LogP contribution is 2.48. The molecular formula is C30H32ClF3N2O. The third-order valence-electron chi connectivity index (χ3n) is 7.92. The fourth-order valence-corrected chi connectivity index (χ4v) is 6.01. The van der Waals surface area contributed by atoms with E-state index in [4.69, 9.17) is 0 Å². The van der Waals surface area contributed by atoms with Crippen LogP contribution in [0.15, 0.2) is 78.9 Å². The van der Waals surface area contributed by atoms with Gasteiger partial charge in [-0.1, -0.05) is 66.7 Å². The normalized spacial score (nSPS) is 20.5. The van der Waals surface area contributed by atoms with Crippen molar-refractivity contribution in [2.75, 3.05) is 31.1 Å². The zero-order valence-corrected chi connectivity index (χ0v) is 21.7. The molecule has 0 N–H and O–H groups in total. The number of carbonyl (C=O) groups is 1. The Morgan fingerprint density at radius 1 is 0.919 bits per heavy atom. The number of fused-ring (bicyclic) bond motifs is 1. The fraction of sp³-hybridized carbons (Fsp3) is 0.367. The summed E-state index contributed by atoms with van der Waals surface area (Å²) in [5, 5.41) is 0. The number of anilines is 1. The molecule has 0 aliphatic carbocycles. The predicted molar refractivity (Wildman–Crippen MR) is 143 cm³/mol. The third kappa shape index (κ3) is 5.01. The molecule has 1 unspecified atom stereocenters. The number of likely N-dealkylation sites (N-methyl/N-ethyl adjacent to an activating group) is 1. The molecule has 3 aromatic carbocycles. The molecule has 2 aliphatic rings. The number of hydrogen-bond donors (Lipinski definition) is 0. The number of hydrogen-bond acceptors (Lipinski definition) is 2. The first-order valence-corrected chi connectivity index (χ1v) is 12.7. The number of nitrogens with zero attached hydrogens (tertiary/aromatic N) is 2. The molecule has 1 saturated heterocycles. The van der Waals surface area contributed by atoms with Crippen LogP contribution in [0.3, 0.4) is 0 Å². The lowest BCUT2D eigenvalue weighted by atomic mass is 9.72. The van der Waals surface area contributed by atoms with Crippen molar-refractivity contribution in [1.82, 2.24) is 4.90 Å². The number of likely N-dealkylation sites (tertiary alicyclic amines) is 1. The summed E-state index contributed by atoms with van der Waals surface area (Å²) in [5.74, 6) is 0.243. The first kappa shape index (κ1) is 27.2. The minimum absolute atomic E-state index is 0. The molecule has 1 amide bonds. The molecule has 0 bridgehead atoms. The summed E-state index contributed by atoms with van der Waals surface area (Å²) in [6.45, 7) is 4.99. The Morgan fingerprint density at radius 3 is 2.27 bits per heavy atom. The van der Waals surface area contributed by atoms with E-state index >= 15 is 0 Å². The minimum atomic E-state index is -4.32. The van der Waals surface area contributed by atoms with Crippen LogP contribution in [-0.2, 0) is 16.4 Å². The Bertz CT molecular complexity index is 1220. The van der Waals surface area contributed by atoms with E-state index in [-0.39, 0.29) is 24.2 Å². The van der Waals surface area contributed by atoms with Gasteiger partial charge in [0, 0.05) is 12.2 Å².